The summed E-state index contributed by atoms with van der Waals surface area (Å²) in [5.74, 6) is 0.704. The van der Waals surface area contributed by atoms with E-state index in [2.05, 4.69) is 5.32 Å². The van der Waals surface area contributed by atoms with E-state index in [9.17, 15) is 4.79 Å². The Morgan fingerprint density at radius 1 is 1.28 bits per heavy atom. The molecule has 0 saturated heterocycles. The number of benzene rings is 1. The first-order chi connectivity index (χ1) is 11.6. The maximum atomic E-state index is 12.8. The number of carbonyl (C=O) groups is 1. The van der Waals surface area contributed by atoms with Gasteiger partial charge in [-0.15, -0.1) is 0 Å². The van der Waals surface area contributed by atoms with Crippen LogP contribution in [0.1, 0.15) is 59.6 Å². The molecule has 0 aliphatic heterocycles. The van der Waals surface area contributed by atoms with Crippen molar-refractivity contribution in [2.75, 3.05) is 6.61 Å². The zero-order chi connectivity index (χ0) is 18.8. The summed E-state index contributed by atoms with van der Waals surface area (Å²) in [5, 5.41) is 3.06. The SMILES string of the molecule is CCOC1CC(N)(C(=O)NC(C)c2ccc(OC(C)C)cc2)C1(C)C. The van der Waals surface area contributed by atoms with Crippen molar-refractivity contribution in [3.8, 4) is 5.75 Å². The highest BCUT2D eigenvalue weighted by Crippen LogP contribution is 2.50. The van der Waals surface area contributed by atoms with Crippen LogP contribution in [0.2, 0.25) is 0 Å². The van der Waals surface area contributed by atoms with Crippen molar-refractivity contribution in [2.24, 2.45) is 11.1 Å². The van der Waals surface area contributed by atoms with E-state index in [0.717, 1.165) is 11.3 Å². The van der Waals surface area contributed by atoms with E-state index in [1.165, 1.54) is 0 Å². The van der Waals surface area contributed by atoms with Gasteiger partial charge >= 0.3 is 0 Å². The van der Waals surface area contributed by atoms with Gasteiger partial charge < -0.3 is 20.5 Å². The van der Waals surface area contributed by atoms with E-state index in [1.54, 1.807) is 0 Å². The normalized spacial score (nSPS) is 26.0. The average Bonchev–Trinajstić information content (AvgIpc) is 2.54. The Kier molecular flexibility index (Phi) is 5.79. The molecular weight excluding hydrogens is 316 g/mol. The van der Waals surface area contributed by atoms with Crippen molar-refractivity contribution in [1.29, 1.82) is 0 Å². The molecule has 1 aromatic rings. The Balaban J connectivity index is 2.00. The zero-order valence-electron chi connectivity index (χ0n) is 16.3. The highest BCUT2D eigenvalue weighted by molar-refractivity contribution is 5.89. The smallest absolute Gasteiger partial charge is 0.241 e. The third kappa shape index (κ3) is 3.82. The summed E-state index contributed by atoms with van der Waals surface area (Å²) in [6.45, 7) is 12.5. The third-order valence-corrected chi connectivity index (χ3v) is 5.33. The predicted octanol–water partition coefficient (Wildman–Crippen LogP) is 3.18. The third-order valence-electron chi connectivity index (χ3n) is 5.33. The fourth-order valence-corrected chi connectivity index (χ4v) is 3.34. The fraction of sp³-hybridized carbons (Fsp3) is 0.650. The van der Waals surface area contributed by atoms with Gasteiger partial charge in [-0.3, -0.25) is 4.79 Å². The van der Waals surface area contributed by atoms with Crippen LogP contribution in [0.5, 0.6) is 5.75 Å². The number of ether oxygens (including phenoxy) is 2. The molecule has 3 unspecified atom stereocenters. The summed E-state index contributed by atoms with van der Waals surface area (Å²) in [7, 11) is 0. The van der Waals surface area contributed by atoms with Crippen molar-refractivity contribution in [1.82, 2.24) is 5.32 Å². The molecule has 5 heteroatoms. The van der Waals surface area contributed by atoms with Gasteiger partial charge in [-0.05, 0) is 45.4 Å². The summed E-state index contributed by atoms with van der Waals surface area (Å²) in [5.41, 5.74) is 6.17. The Bertz CT molecular complexity index is 597. The first-order valence-corrected chi connectivity index (χ1v) is 9.10. The van der Waals surface area contributed by atoms with Crippen LogP contribution in [0.4, 0.5) is 0 Å². The summed E-state index contributed by atoms with van der Waals surface area (Å²) in [6.07, 6.45) is 0.711. The van der Waals surface area contributed by atoms with E-state index in [-0.39, 0.29) is 29.6 Å². The van der Waals surface area contributed by atoms with Gasteiger partial charge in [0.25, 0.3) is 0 Å². The minimum Gasteiger partial charge on any atom is -0.491 e. The van der Waals surface area contributed by atoms with Crippen LogP contribution in [-0.2, 0) is 9.53 Å². The monoisotopic (exact) mass is 348 g/mol. The van der Waals surface area contributed by atoms with Crippen molar-refractivity contribution < 1.29 is 14.3 Å². The maximum Gasteiger partial charge on any atom is 0.241 e. The molecule has 0 bridgehead atoms. The van der Waals surface area contributed by atoms with Crippen LogP contribution in [0.3, 0.4) is 0 Å². The molecule has 0 spiro atoms. The van der Waals surface area contributed by atoms with Crippen LogP contribution in [0.15, 0.2) is 24.3 Å². The Hall–Kier alpha value is -1.59. The van der Waals surface area contributed by atoms with E-state index >= 15 is 0 Å². The topological polar surface area (TPSA) is 73.6 Å². The standard InChI is InChI=1S/C20H32N2O3/c1-7-24-17-12-20(21,19(17,5)6)18(23)22-14(4)15-8-10-16(11-9-15)25-13(2)3/h8-11,13-14,17H,7,12,21H2,1-6H3,(H,22,23). The summed E-state index contributed by atoms with van der Waals surface area (Å²) < 4.78 is 11.4. The van der Waals surface area contributed by atoms with Crippen molar-refractivity contribution in [3.63, 3.8) is 0 Å². The molecule has 0 radical (unpaired) electrons. The number of carbonyl (C=O) groups excluding carboxylic acids is 1. The molecule has 3 atom stereocenters. The first kappa shape index (κ1) is 19.7. The van der Waals surface area contributed by atoms with E-state index in [4.69, 9.17) is 15.2 Å². The van der Waals surface area contributed by atoms with Crippen LogP contribution in [0.25, 0.3) is 0 Å². The zero-order valence-corrected chi connectivity index (χ0v) is 16.3. The molecule has 25 heavy (non-hydrogen) atoms. The second-order valence-corrected chi connectivity index (χ2v) is 7.77. The lowest BCUT2D eigenvalue weighted by atomic mass is 9.54. The fourth-order valence-electron chi connectivity index (χ4n) is 3.34. The highest BCUT2D eigenvalue weighted by Gasteiger charge is 2.62. The number of nitrogens with one attached hydrogen (secondary N) is 1. The number of nitrogens with two attached hydrogens (primary N) is 1. The number of hydrogen-bond acceptors (Lipinski definition) is 4. The van der Waals surface area contributed by atoms with Crippen LogP contribution in [0, 0.1) is 5.41 Å². The molecule has 1 aliphatic rings. The van der Waals surface area contributed by atoms with E-state index < -0.39 is 5.54 Å². The van der Waals surface area contributed by atoms with E-state index in [0.29, 0.717) is 13.0 Å². The molecule has 1 amide bonds. The second kappa shape index (κ2) is 7.34. The quantitative estimate of drug-likeness (QED) is 0.794. The Morgan fingerprint density at radius 3 is 2.36 bits per heavy atom. The van der Waals surface area contributed by atoms with E-state index in [1.807, 2.05) is 65.8 Å². The lowest BCUT2D eigenvalue weighted by Crippen LogP contribution is -2.75. The molecule has 140 valence electrons. The lowest BCUT2D eigenvalue weighted by molar-refractivity contribution is -0.171. The second-order valence-electron chi connectivity index (χ2n) is 7.77. The van der Waals surface area contributed by atoms with Crippen molar-refractivity contribution >= 4 is 5.91 Å². The predicted molar refractivity (Wildman–Crippen MR) is 99.5 cm³/mol. The molecule has 5 nitrogen and oxygen atoms in total. The van der Waals surface area contributed by atoms with Gasteiger partial charge in [-0.1, -0.05) is 26.0 Å². The lowest BCUT2D eigenvalue weighted by Gasteiger charge is -2.57. The molecule has 1 fully saturated rings. The van der Waals surface area contributed by atoms with Crippen molar-refractivity contribution in [2.45, 2.75) is 71.8 Å². The largest absolute Gasteiger partial charge is 0.491 e. The number of hydrogen-bond donors (Lipinski definition) is 2. The van der Waals surface area contributed by atoms with Gasteiger partial charge in [-0.25, -0.2) is 0 Å². The van der Waals surface area contributed by atoms with Crippen molar-refractivity contribution in [3.05, 3.63) is 29.8 Å². The summed E-state index contributed by atoms with van der Waals surface area (Å²) >= 11 is 0. The van der Waals surface area contributed by atoms with Gasteiger partial charge in [0.1, 0.15) is 11.3 Å². The molecule has 1 aliphatic carbocycles. The average molecular weight is 348 g/mol. The minimum atomic E-state index is -0.901. The molecular formula is C20H32N2O3. The summed E-state index contributed by atoms with van der Waals surface area (Å²) in [6, 6.07) is 7.67. The minimum absolute atomic E-state index is 0.0241. The van der Waals surface area contributed by atoms with Gasteiger partial charge in [0, 0.05) is 18.4 Å². The molecule has 3 N–H and O–H groups in total. The molecule has 1 aromatic carbocycles. The molecule has 0 aromatic heterocycles. The highest BCUT2D eigenvalue weighted by atomic mass is 16.5. The van der Waals surface area contributed by atoms with Gasteiger partial charge in [-0.2, -0.15) is 0 Å². The number of rotatable bonds is 7. The molecule has 2 rings (SSSR count). The molecule has 1 saturated carbocycles. The molecule has 0 heterocycles. The first-order valence-electron chi connectivity index (χ1n) is 9.10. The maximum absolute atomic E-state index is 12.8. The van der Waals surface area contributed by atoms with Crippen LogP contribution >= 0.6 is 0 Å². The Morgan fingerprint density at radius 2 is 1.88 bits per heavy atom. The van der Waals surface area contributed by atoms with Gasteiger partial charge in [0.05, 0.1) is 18.2 Å². The van der Waals surface area contributed by atoms with Crippen LogP contribution < -0.4 is 15.8 Å². The van der Waals surface area contributed by atoms with Crippen LogP contribution in [-0.4, -0.2) is 30.3 Å². The number of amides is 1. The Labute approximate surface area is 151 Å². The van der Waals surface area contributed by atoms with Gasteiger partial charge in [0.15, 0.2) is 0 Å². The van der Waals surface area contributed by atoms with Gasteiger partial charge in [0.2, 0.25) is 5.91 Å². The summed E-state index contributed by atoms with van der Waals surface area (Å²) in [4.78, 5) is 12.8.